The molecule has 144 valence electrons. The van der Waals surface area contributed by atoms with Crippen LogP contribution in [-0.2, 0) is 38.1 Å². The lowest BCUT2D eigenvalue weighted by atomic mass is 10.1. The zero-order chi connectivity index (χ0) is 19.5. The van der Waals surface area contributed by atoms with Crippen LogP contribution >= 0.6 is 15.9 Å². The van der Waals surface area contributed by atoms with Gasteiger partial charge in [0, 0.05) is 13.8 Å². The van der Waals surface area contributed by atoms with Crippen molar-refractivity contribution in [1.82, 2.24) is 0 Å². The van der Waals surface area contributed by atoms with E-state index in [4.69, 9.17) is 18.4 Å². The molecule has 4 atom stereocenters. The van der Waals surface area contributed by atoms with Crippen LogP contribution in [0.1, 0.15) is 19.4 Å². The minimum absolute atomic E-state index is 0.00272. The second-order valence-corrected chi connectivity index (χ2v) is 8.24. The molecule has 0 spiro atoms. The van der Waals surface area contributed by atoms with Crippen LogP contribution in [0, 0.1) is 6.92 Å². The van der Waals surface area contributed by atoms with Gasteiger partial charge in [-0.2, -0.15) is 8.42 Å². The second-order valence-electron chi connectivity index (χ2n) is 5.73. The SMILES string of the molecule is CC(=O)O[C@@H]1[C@@H](OC(C)=O)[C@@H](COS(=O)(=O)c2ccc(C)cc2)O[C@@H]1Br. The highest BCUT2D eigenvalue weighted by Gasteiger charge is 2.48. The average Bonchev–Trinajstić information content (AvgIpc) is 2.81. The van der Waals surface area contributed by atoms with Crippen molar-refractivity contribution in [2.75, 3.05) is 6.61 Å². The number of hydrogen-bond acceptors (Lipinski definition) is 8. The van der Waals surface area contributed by atoms with Crippen molar-refractivity contribution in [2.45, 2.75) is 49.0 Å². The fraction of sp³-hybridized carbons (Fsp3) is 0.500. The van der Waals surface area contributed by atoms with Crippen molar-refractivity contribution >= 4 is 38.0 Å². The first-order valence-electron chi connectivity index (χ1n) is 7.70. The fourth-order valence-electron chi connectivity index (χ4n) is 2.39. The summed E-state index contributed by atoms with van der Waals surface area (Å²) in [7, 11) is -4.02. The van der Waals surface area contributed by atoms with E-state index >= 15 is 0 Å². The number of halogens is 1. The Morgan fingerprint density at radius 2 is 1.62 bits per heavy atom. The lowest BCUT2D eigenvalue weighted by molar-refractivity contribution is -0.163. The number of benzene rings is 1. The van der Waals surface area contributed by atoms with Crippen LogP contribution in [0.5, 0.6) is 0 Å². The van der Waals surface area contributed by atoms with E-state index in [1.165, 1.54) is 26.0 Å². The number of hydrogen-bond donors (Lipinski definition) is 0. The number of carbonyl (C=O) groups is 2. The van der Waals surface area contributed by atoms with E-state index in [9.17, 15) is 18.0 Å². The largest absolute Gasteiger partial charge is 0.456 e. The average molecular weight is 451 g/mol. The first-order valence-corrected chi connectivity index (χ1v) is 10.0. The van der Waals surface area contributed by atoms with E-state index in [0.717, 1.165) is 5.56 Å². The van der Waals surface area contributed by atoms with Crippen molar-refractivity contribution in [2.24, 2.45) is 0 Å². The zero-order valence-electron chi connectivity index (χ0n) is 14.4. The Hall–Kier alpha value is -1.49. The maximum atomic E-state index is 12.3. The topological polar surface area (TPSA) is 105 Å². The van der Waals surface area contributed by atoms with E-state index in [-0.39, 0.29) is 4.90 Å². The maximum absolute atomic E-state index is 12.3. The van der Waals surface area contributed by atoms with Gasteiger partial charge >= 0.3 is 11.9 Å². The molecule has 0 amide bonds. The van der Waals surface area contributed by atoms with Crippen LogP contribution in [0.2, 0.25) is 0 Å². The molecular weight excluding hydrogens is 432 g/mol. The summed E-state index contributed by atoms with van der Waals surface area (Å²) < 4.78 is 45.4. The quantitative estimate of drug-likeness (QED) is 0.366. The Morgan fingerprint density at radius 3 is 2.15 bits per heavy atom. The lowest BCUT2D eigenvalue weighted by Gasteiger charge is -2.22. The van der Waals surface area contributed by atoms with Gasteiger partial charge in [-0.3, -0.25) is 13.8 Å². The molecule has 0 aliphatic carbocycles. The molecule has 0 aromatic heterocycles. The van der Waals surface area contributed by atoms with Crippen molar-refractivity contribution in [3.05, 3.63) is 29.8 Å². The molecule has 1 aromatic carbocycles. The van der Waals surface area contributed by atoms with E-state index in [1.54, 1.807) is 12.1 Å². The highest BCUT2D eigenvalue weighted by Crippen LogP contribution is 2.31. The summed E-state index contributed by atoms with van der Waals surface area (Å²) in [6.45, 7) is 3.82. The molecule has 0 radical (unpaired) electrons. The van der Waals surface area contributed by atoms with Gasteiger partial charge in [0.25, 0.3) is 10.1 Å². The first-order chi connectivity index (χ1) is 12.1. The van der Waals surface area contributed by atoms with E-state index in [0.29, 0.717) is 0 Å². The predicted octanol–water partition coefficient (Wildman–Crippen LogP) is 1.68. The molecule has 1 fully saturated rings. The van der Waals surface area contributed by atoms with Crippen LogP contribution in [0.25, 0.3) is 0 Å². The molecule has 0 N–H and O–H groups in total. The van der Waals surface area contributed by atoms with Crippen LogP contribution in [0.4, 0.5) is 0 Å². The number of esters is 2. The molecule has 1 aliphatic rings. The zero-order valence-corrected chi connectivity index (χ0v) is 16.8. The fourth-order valence-corrected chi connectivity index (χ4v) is 4.00. The highest BCUT2D eigenvalue weighted by atomic mass is 79.9. The van der Waals surface area contributed by atoms with Crippen molar-refractivity contribution in [1.29, 1.82) is 0 Å². The maximum Gasteiger partial charge on any atom is 0.303 e. The molecule has 0 unspecified atom stereocenters. The molecule has 2 rings (SSSR count). The van der Waals surface area contributed by atoms with Crippen LogP contribution in [0.15, 0.2) is 29.2 Å². The van der Waals surface area contributed by atoms with Gasteiger partial charge in [-0.1, -0.05) is 33.6 Å². The molecular formula is C16H19BrO8S. The third-order valence-corrected chi connectivity index (χ3v) is 5.59. The van der Waals surface area contributed by atoms with E-state index in [2.05, 4.69) is 15.9 Å². The Bertz CT molecular complexity index is 761. The Labute approximate surface area is 160 Å². The molecule has 1 aliphatic heterocycles. The molecule has 10 heteroatoms. The molecule has 1 aromatic rings. The van der Waals surface area contributed by atoms with Crippen LogP contribution < -0.4 is 0 Å². The predicted molar refractivity (Wildman–Crippen MR) is 93.0 cm³/mol. The molecule has 0 saturated carbocycles. The molecule has 26 heavy (non-hydrogen) atoms. The molecule has 8 nitrogen and oxygen atoms in total. The first kappa shape index (κ1) is 20.8. The van der Waals surface area contributed by atoms with Gasteiger partial charge in [-0.05, 0) is 19.1 Å². The number of alkyl halides is 1. The van der Waals surface area contributed by atoms with Gasteiger partial charge in [0.05, 0.1) is 11.5 Å². The Morgan fingerprint density at radius 1 is 1.08 bits per heavy atom. The number of ether oxygens (including phenoxy) is 3. The summed E-state index contributed by atoms with van der Waals surface area (Å²) in [5, 5.41) is -0.772. The van der Waals surface area contributed by atoms with Gasteiger partial charge in [-0.15, -0.1) is 0 Å². The molecule has 0 bridgehead atoms. The summed E-state index contributed by atoms with van der Waals surface area (Å²) in [5.74, 6) is -1.21. The summed E-state index contributed by atoms with van der Waals surface area (Å²) in [6.07, 6.45) is -2.87. The van der Waals surface area contributed by atoms with Crippen molar-refractivity contribution in [3.63, 3.8) is 0 Å². The highest BCUT2D eigenvalue weighted by molar-refractivity contribution is 9.09. The lowest BCUT2D eigenvalue weighted by Crippen LogP contribution is -2.40. The number of rotatable bonds is 6. The standard InChI is InChI=1S/C16H19BrO8S/c1-9-4-6-12(7-5-9)26(20,21)22-8-13-14(23-10(2)18)15(16(17)25-13)24-11(3)19/h4-7,13-16H,8H2,1-3H3/t13-,14+,15-,16+/m1/s1. The summed E-state index contributed by atoms with van der Waals surface area (Å²) >= 11 is 3.18. The van der Waals surface area contributed by atoms with E-state index in [1.807, 2.05) is 6.92 Å². The summed E-state index contributed by atoms with van der Waals surface area (Å²) in [6, 6.07) is 6.15. The molecule has 1 heterocycles. The van der Waals surface area contributed by atoms with Crippen LogP contribution in [-0.4, -0.2) is 50.3 Å². The van der Waals surface area contributed by atoms with Gasteiger partial charge in [0.15, 0.2) is 17.2 Å². The Kier molecular flexibility index (Phi) is 6.78. The van der Waals surface area contributed by atoms with Gasteiger partial charge in [0.1, 0.15) is 6.10 Å². The van der Waals surface area contributed by atoms with Gasteiger partial charge < -0.3 is 14.2 Å². The van der Waals surface area contributed by atoms with Gasteiger partial charge in [-0.25, -0.2) is 0 Å². The summed E-state index contributed by atoms with van der Waals surface area (Å²) in [5.41, 5.74) is 0.907. The van der Waals surface area contributed by atoms with Crippen molar-refractivity contribution < 1.29 is 36.4 Å². The van der Waals surface area contributed by atoms with Crippen LogP contribution in [0.3, 0.4) is 0 Å². The van der Waals surface area contributed by atoms with E-state index < -0.39 is 52.0 Å². The minimum Gasteiger partial charge on any atom is -0.456 e. The normalized spacial score (nSPS) is 25.7. The minimum atomic E-state index is -4.02. The third kappa shape index (κ3) is 5.26. The summed E-state index contributed by atoms with van der Waals surface area (Å²) in [4.78, 5) is 22.6. The smallest absolute Gasteiger partial charge is 0.303 e. The number of aryl methyl sites for hydroxylation is 1. The second kappa shape index (κ2) is 8.47. The number of carbonyl (C=O) groups excluding carboxylic acids is 2. The third-order valence-electron chi connectivity index (χ3n) is 3.55. The molecule has 1 saturated heterocycles. The monoisotopic (exact) mass is 450 g/mol. The van der Waals surface area contributed by atoms with Crippen molar-refractivity contribution in [3.8, 4) is 0 Å². The Balaban J connectivity index is 2.12. The van der Waals surface area contributed by atoms with Gasteiger partial charge in [0.2, 0.25) is 0 Å².